The second-order valence-corrected chi connectivity index (χ2v) is 10.3. The summed E-state index contributed by atoms with van der Waals surface area (Å²) in [6.45, 7) is 5.81. The summed E-state index contributed by atoms with van der Waals surface area (Å²) in [5, 5.41) is 2.91. The summed E-state index contributed by atoms with van der Waals surface area (Å²) >= 11 is 3.59. The fourth-order valence-corrected chi connectivity index (χ4v) is 5.50. The van der Waals surface area contributed by atoms with Gasteiger partial charge in [0, 0.05) is 29.2 Å². The first-order valence-electron chi connectivity index (χ1n) is 12.4. The normalized spacial score (nSPS) is 14.9. The number of amides is 1. The van der Waals surface area contributed by atoms with E-state index < -0.39 is 0 Å². The Morgan fingerprint density at radius 1 is 1.00 bits per heavy atom. The third-order valence-corrected chi connectivity index (χ3v) is 7.36. The van der Waals surface area contributed by atoms with Crippen LogP contribution in [0.1, 0.15) is 37.7 Å². The van der Waals surface area contributed by atoms with Gasteiger partial charge in [0.2, 0.25) is 5.91 Å². The molecule has 0 radical (unpaired) electrons. The third kappa shape index (κ3) is 5.65. The Labute approximate surface area is 215 Å². The predicted octanol–water partition coefficient (Wildman–Crippen LogP) is 6.69. The lowest BCUT2D eigenvalue weighted by Crippen LogP contribution is -2.34. The zero-order valence-electron chi connectivity index (χ0n) is 20.1. The largest absolute Gasteiger partial charge is 0.326 e. The molecule has 4 aromatic rings. The van der Waals surface area contributed by atoms with Crippen LogP contribution >= 0.6 is 15.9 Å². The van der Waals surface area contributed by atoms with Crippen molar-refractivity contribution < 1.29 is 4.79 Å². The number of aromatic nitrogens is 2. The van der Waals surface area contributed by atoms with Crippen molar-refractivity contribution >= 4 is 38.6 Å². The Kier molecular flexibility index (Phi) is 7.30. The maximum Gasteiger partial charge on any atom is 0.221 e. The molecule has 0 spiro atoms. The number of aryl methyl sites for hydroxylation is 1. The van der Waals surface area contributed by atoms with E-state index in [1.54, 1.807) is 6.92 Å². The van der Waals surface area contributed by atoms with Crippen LogP contribution in [0.25, 0.3) is 22.4 Å². The molecule has 1 fully saturated rings. The highest BCUT2D eigenvalue weighted by atomic mass is 79.9. The van der Waals surface area contributed by atoms with Gasteiger partial charge in [0.05, 0.1) is 11.0 Å². The second kappa shape index (κ2) is 10.8. The van der Waals surface area contributed by atoms with Gasteiger partial charge in [0.1, 0.15) is 5.82 Å². The van der Waals surface area contributed by atoms with E-state index in [0.29, 0.717) is 5.92 Å². The van der Waals surface area contributed by atoms with E-state index in [2.05, 4.69) is 85.3 Å². The number of hydrogen-bond acceptors (Lipinski definition) is 3. The predicted molar refractivity (Wildman–Crippen MR) is 147 cm³/mol. The molecule has 0 bridgehead atoms. The molecular weight excluding hydrogens is 500 g/mol. The van der Waals surface area contributed by atoms with Crippen molar-refractivity contribution in [3.05, 3.63) is 82.8 Å². The van der Waals surface area contributed by atoms with E-state index in [1.807, 2.05) is 18.2 Å². The Morgan fingerprint density at radius 3 is 2.57 bits per heavy atom. The molecule has 0 aliphatic carbocycles. The monoisotopic (exact) mass is 530 g/mol. The molecule has 0 unspecified atom stereocenters. The maximum atomic E-state index is 11.4. The van der Waals surface area contributed by atoms with Gasteiger partial charge >= 0.3 is 0 Å². The van der Waals surface area contributed by atoms with E-state index in [0.717, 1.165) is 72.5 Å². The average Bonchev–Trinajstić information content (AvgIpc) is 3.22. The summed E-state index contributed by atoms with van der Waals surface area (Å²) in [6.07, 6.45) is 3.39. The quantitative estimate of drug-likeness (QED) is 0.289. The minimum absolute atomic E-state index is 0.0225. The Balaban J connectivity index is 1.21. The van der Waals surface area contributed by atoms with Crippen LogP contribution < -0.4 is 5.32 Å². The molecule has 1 aromatic heterocycles. The van der Waals surface area contributed by atoms with Crippen molar-refractivity contribution in [2.75, 3.05) is 25.0 Å². The number of carbonyl (C=O) groups excluding carboxylic acids is 1. The molecular formula is C29H31BrN4O. The number of anilines is 1. The molecule has 0 saturated carbocycles. The van der Waals surface area contributed by atoms with Crippen molar-refractivity contribution in [1.82, 2.24) is 14.5 Å². The number of imidazole rings is 1. The molecule has 6 heteroatoms. The van der Waals surface area contributed by atoms with Gasteiger partial charge in [0.15, 0.2) is 0 Å². The van der Waals surface area contributed by atoms with Gasteiger partial charge in [-0.15, -0.1) is 0 Å². The van der Waals surface area contributed by atoms with Crippen LogP contribution in [0, 0.1) is 0 Å². The number of rotatable bonds is 7. The van der Waals surface area contributed by atoms with Crippen molar-refractivity contribution in [3.63, 3.8) is 0 Å². The number of piperidine rings is 1. The van der Waals surface area contributed by atoms with E-state index in [-0.39, 0.29) is 5.91 Å². The van der Waals surface area contributed by atoms with Gasteiger partial charge in [-0.25, -0.2) is 4.98 Å². The number of halogens is 1. The zero-order chi connectivity index (χ0) is 24.2. The molecule has 3 aromatic carbocycles. The highest BCUT2D eigenvalue weighted by molar-refractivity contribution is 9.10. The lowest BCUT2D eigenvalue weighted by atomic mass is 9.89. The van der Waals surface area contributed by atoms with Crippen LogP contribution in [0.15, 0.2) is 77.3 Å². The molecule has 1 amide bonds. The summed E-state index contributed by atoms with van der Waals surface area (Å²) in [5.41, 5.74) is 5.60. The first kappa shape index (κ1) is 23.8. The van der Waals surface area contributed by atoms with Crippen LogP contribution in [0.4, 0.5) is 5.69 Å². The SMILES string of the molecule is CC(=O)Nc1cccc(C2CCN(CCCn3c(-c4ccccc4)nc4cc(Br)ccc43)CC2)c1. The van der Waals surface area contributed by atoms with Gasteiger partial charge in [-0.2, -0.15) is 0 Å². The minimum atomic E-state index is -0.0225. The summed E-state index contributed by atoms with van der Waals surface area (Å²) in [7, 11) is 0. The van der Waals surface area contributed by atoms with Gasteiger partial charge in [0.25, 0.3) is 0 Å². The van der Waals surface area contributed by atoms with Gasteiger partial charge < -0.3 is 14.8 Å². The molecule has 1 saturated heterocycles. The maximum absolute atomic E-state index is 11.4. The molecule has 1 N–H and O–H groups in total. The summed E-state index contributed by atoms with van der Waals surface area (Å²) in [4.78, 5) is 19.0. The number of benzene rings is 3. The highest BCUT2D eigenvalue weighted by Gasteiger charge is 2.21. The number of carbonyl (C=O) groups is 1. The lowest BCUT2D eigenvalue weighted by molar-refractivity contribution is -0.114. The molecule has 5 nitrogen and oxygen atoms in total. The van der Waals surface area contributed by atoms with E-state index >= 15 is 0 Å². The van der Waals surface area contributed by atoms with Crippen LogP contribution in [0.5, 0.6) is 0 Å². The van der Waals surface area contributed by atoms with Crippen molar-refractivity contribution in [2.45, 2.75) is 38.6 Å². The van der Waals surface area contributed by atoms with Crippen LogP contribution in [-0.4, -0.2) is 40.0 Å². The van der Waals surface area contributed by atoms with Crippen LogP contribution in [-0.2, 0) is 11.3 Å². The summed E-state index contributed by atoms with van der Waals surface area (Å²) in [6, 6.07) is 25.2. The molecule has 0 atom stereocenters. The Morgan fingerprint density at radius 2 is 1.80 bits per heavy atom. The first-order valence-corrected chi connectivity index (χ1v) is 13.2. The van der Waals surface area contributed by atoms with Crippen LogP contribution in [0.2, 0.25) is 0 Å². The van der Waals surface area contributed by atoms with Gasteiger partial charge in [-0.3, -0.25) is 4.79 Å². The van der Waals surface area contributed by atoms with Crippen LogP contribution in [0.3, 0.4) is 0 Å². The van der Waals surface area contributed by atoms with Gasteiger partial charge in [-0.1, -0.05) is 58.4 Å². The molecule has 180 valence electrons. The van der Waals surface area contributed by atoms with Crippen molar-refractivity contribution in [1.29, 1.82) is 0 Å². The lowest BCUT2D eigenvalue weighted by Gasteiger charge is -2.32. The molecule has 35 heavy (non-hydrogen) atoms. The molecule has 2 heterocycles. The van der Waals surface area contributed by atoms with Gasteiger partial charge in [-0.05, 0) is 80.7 Å². The minimum Gasteiger partial charge on any atom is -0.326 e. The van der Waals surface area contributed by atoms with E-state index in [4.69, 9.17) is 4.98 Å². The fraction of sp³-hybridized carbons (Fsp3) is 0.310. The fourth-order valence-electron chi connectivity index (χ4n) is 5.15. The standard InChI is InChI=1S/C29H31BrN4O/c1-21(35)31-26-10-5-9-24(19-26)22-13-17-33(18-14-22)15-6-16-34-28-12-11-25(30)20-27(28)32-29(34)23-7-3-2-4-8-23/h2-5,7-12,19-20,22H,6,13-18H2,1H3,(H,31,35). The topological polar surface area (TPSA) is 50.2 Å². The first-order chi connectivity index (χ1) is 17.1. The number of nitrogens with one attached hydrogen (secondary N) is 1. The Hall–Kier alpha value is -2.96. The summed E-state index contributed by atoms with van der Waals surface area (Å²) in [5.74, 6) is 1.57. The summed E-state index contributed by atoms with van der Waals surface area (Å²) < 4.78 is 3.43. The van der Waals surface area contributed by atoms with E-state index in [9.17, 15) is 4.79 Å². The smallest absolute Gasteiger partial charge is 0.221 e. The molecule has 5 rings (SSSR count). The molecule has 1 aliphatic rings. The zero-order valence-corrected chi connectivity index (χ0v) is 21.7. The third-order valence-electron chi connectivity index (χ3n) is 6.86. The Bertz CT molecular complexity index is 1310. The second-order valence-electron chi connectivity index (χ2n) is 9.36. The number of fused-ring (bicyclic) bond motifs is 1. The molecule has 1 aliphatic heterocycles. The number of nitrogens with zero attached hydrogens (tertiary/aromatic N) is 3. The van der Waals surface area contributed by atoms with Crippen molar-refractivity contribution in [3.8, 4) is 11.4 Å². The number of hydrogen-bond donors (Lipinski definition) is 1. The average molecular weight is 531 g/mol. The number of likely N-dealkylation sites (tertiary alicyclic amines) is 1. The van der Waals surface area contributed by atoms with Crippen molar-refractivity contribution in [2.24, 2.45) is 0 Å². The highest BCUT2D eigenvalue weighted by Crippen LogP contribution is 2.30. The van der Waals surface area contributed by atoms with E-state index in [1.165, 1.54) is 11.1 Å².